The number of nitrogens with one attached hydrogen (secondary N) is 1. The largest absolute Gasteiger partial charge is 0.363 e. The number of hydrogen-bond acceptors (Lipinski definition) is 6. The van der Waals surface area contributed by atoms with Gasteiger partial charge in [-0.25, -0.2) is 9.97 Å². The zero-order valence-corrected chi connectivity index (χ0v) is 13.3. The van der Waals surface area contributed by atoms with Gasteiger partial charge in [0.2, 0.25) is 5.95 Å². The number of anilines is 2. The molecule has 118 valence electrons. The summed E-state index contributed by atoms with van der Waals surface area (Å²) in [4.78, 5) is 18.2. The monoisotopic (exact) mass is 309 g/mol. The molecule has 0 radical (unpaired) electrons. The van der Waals surface area contributed by atoms with E-state index in [-0.39, 0.29) is 0 Å². The smallest absolute Gasteiger partial charge is 0.227 e. The first-order valence-corrected chi connectivity index (χ1v) is 7.81. The molecule has 0 aromatic carbocycles. The van der Waals surface area contributed by atoms with Gasteiger partial charge in [-0.05, 0) is 18.9 Å². The summed E-state index contributed by atoms with van der Waals surface area (Å²) in [5, 5.41) is 7.86. The molecule has 7 heteroatoms. The quantitative estimate of drug-likeness (QED) is 0.798. The van der Waals surface area contributed by atoms with Gasteiger partial charge in [0, 0.05) is 56.1 Å². The van der Waals surface area contributed by atoms with Crippen molar-refractivity contribution >= 4 is 22.8 Å². The average Bonchev–Trinajstić information content (AvgIpc) is 3.26. The Labute approximate surface area is 134 Å². The number of hydrogen-bond donors (Lipinski definition) is 1. The lowest BCUT2D eigenvalue weighted by Crippen LogP contribution is -2.20. The Balaban J connectivity index is 1.90. The van der Waals surface area contributed by atoms with Gasteiger partial charge in [0.25, 0.3) is 0 Å². The predicted molar refractivity (Wildman–Crippen MR) is 90.7 cm³/mol. The molecule has 1 aliphatic rings. The third-order valence-corrected chi connectivity index (χ3v) is 4.20. The fraction of sp³-hybridized carbons (Fsp3) is 0.375. The lowest BCUT2D eigenvalue weighted by Gasteiger charge is -2.17. The summed E-state index contributed by atoms with van der Waals surface area (Å²) < 4.78 is 0. The fourth-order valence-corrected chi connectivity index (χ4v) is 2.92. The van der Waals surface area contributed by atoms with Crippen LogP contribution in [0.15, 0.2) is 24.7 Å². The van der Waals surface area contributed by atoms with E-state index in [1.807, 2.05) is 43.7 Å². The highest BCUT2D eigenvalue weighted by Crippen LogP contribution is 2.30. The van der Waals surface area contributed by atoms with Crippen LogP contribution in [0.1, 0.15) is 12.8 Å². The average molecular weight is 309 g/mol. The summed E-state index contributed by atoms with van der Waals surface area (Å²) in [6, 6.07) is 2.05. The number of aromatic nitrogens is 5. The van der Waals surface area contributed by atoms with Gasteiger partial charge in [0.05, 0.1) is 6.20 Å². The Bertz CT molecular complexity index is 820. The van der Waals surface area contributed by atoms with Gasteiger partial charge in [-0.15, -0.1) is 0 Å². The van der Waals surface area contributed by atoms with E-state index in [1.54, 1.807) is 0 Å². The summed E-state index contributed by atoms with van der Waals surface area (Å²) in [6.07, 6.45) is 7.97. The van der Waals surface area contributed by atoms with Crippen molar-refractivity contribution in [3.63, 3.8) is 0 Å². The summed E-state index contributed by atoms with van der Waals surface area (Å²) in [5.74, 6) is 1.65. The molecule has 0 aliphatic carbocycles. The van der Waals surface area contributed by atoms with E-state index in [4.69, 9.17) is 9.97 Å². The van der Waals surface area contributed by atoms with E-state index in [0.717, 1.165) is 47.0 Å². The SMILES string of the molecule is CN(C)c1cc(-c2cn[nH]c2)c2cnc(N3CCCC3)nc2n1. The van der Waals surface area contributed by atoms with Crippen LogP contribution in [-0.2, 0) is 0 Å². The Morgan fingerprint density at radius 3 is 2.65 bits per heavy atom. The maximum atomic E-state index is 4.72. The molecule has 1 N–H and O–H groups in total. The molecule has 3 aromatic rings. The van der Waals surface area contributed by atoms with Crippen LogP contribution in [0.3, 0.4) is 0 Å². The van der Waals surface area contributed by atoms with Crippen LogP contribution < -0.4 is 9.80 Å². The van der Waals surface area contributed by atoms with Crippen LogP contribution in [0.2, 0.25) is 0 Å². The normalized spacial score (nSPS) is 14.6. The van der Waals surface area contributed by atoms with Crippen molar-refractivity contribution in [3.05, 3.63) is 24.7 Å². The first kappa shape index (κ1) is 13.9. The van der Waals surface area contributed by atoms with Crippen molar-refractivity contribution in [3.8, 4) is 11.1 Å². The Morgan fingerprint density at radius 2 is 1.96 bits per heavy atom. The molecule has 0 amide bonds. The molecule has 0 spiro atoms. The van der Waals surface area contributed by atoms with Crippen LogP contribution in [0.4, 0.5) is 11.8 Å². The standard InChI is InChI=1S/C16H19N7/c1-22(2)14-7-12(11-8-18-19-9-11)13-10-17-16(21-15(13)20-14)23-5-3-4-6-23/h7-10H,3-6H2,1-2H3,(H,18,19). The van der Waals surface area contributed by atoms with Crippen molar-refractivity contribution in [1.82, 2.24) is 25.1 Å². The molecule has 4 heterocycles. The number of pyridine rings is 1. The molecule has 7 nitrogen and oxygen atoms in total. The third-order valence-electron chi connectivity index (χ3n) is 4.20. The summed E-state index contributed by atoms with van der Waals surface area (Å²) in [7, 11) is 3.96. The number of rotatable bonds is 3. The molecular formula is C16H19N7. The molecule has 0 unspecified atom stereocenters. The lowest BCUT2D eigenvalue weighted by molar-refractivity contribution is 0.904. The van der Waals surface area contributed by atoms with Gasteiger partial charge in [-0.3, -0.25) is 5.10 Å². The second kappa shape index (κ2) is 5.49. The molecule has 0 saturated carbocycles. The minimum absolute atomic E-state index is 0.726. The van der Waals surface area contributed by atoms with Gasteiger partial charge < -0.3 is 9.80 Å². The fourth-order valence-electron chi connectivity index (χ4n) is 2.92. The number of nitrogens with zero attached hydrogens (tertiary/aromatic N) is 6. The Kier molecular flexibility index (Phi) is 3.33. The maximum absolute atomic E-state index is 4.72. The zero-order chi connectivity index (χ0) is 15.8. The van der Waals surface area contributed by atoms with E-state index in [2.05, 4.69) is 20.1 Å². The van der Waals surface area contributed by atoms with Crippen LogP contribution in [-0.4, -0.2) is 52.3 Å². The van der Waals surface area contributed by atoms with Gasteiger partial charge in [0.15, 0.2) is 5.65 Å². The molecule has 1 saturated heterocycles. The van der Waals surface area contributed by atoms with Crippen LogP contribution in [0.25, 0.3) is 22.2 Å². The minimum atomic E-state index is 0.726. The van der Waals surface area contributed by atoms with E-state index in [9.17, 15) is 0 Å². The number of H-pyrrole nitrogens is 1. The topological polar surface area (TPSA) is 73.8 Å². The lowest BCUT2D eigenvalue weighted by atomic mass is 10.1. The van der Waals surface area contributed by atoms with Crippen molar-refractivity contribution < 1.29 is 0 Å². The first-order valence-electron chi connectivity index (χ1n) is 7.81. The zero-order valence-electron chi connectivity index (χ0n) is 13.3. The Hall–Kier alpha value is -2.70. The molecule has 23 heavy (non-hydrogen) atoms. The highest BCUT2D eigenvalue weighted by Gasteiger charge is 2.17. The van der Waals surface area contributed by atoms with E-state index in [0.29, 0.717) is 0 Å². The van der Waals surface area contributed by atoms with Crippen LogP contribution >= 0.6 is 0 Å². The highest BCUT2D eigenvalue weighted by molar-refractivity contribution is 5.94. The number of aromatic amines is 1. The second-order valence-corrected chi connectivity index (χ2v) is 6.01. The molecule has 1 fully saturated rings. The second-order valence-electron chi connectivity index (χ2n) is 6.01. The van der Waals surface area contributed by atoms with Crippen molar-refractivity contribution in [2.75, 3.05) is 37.0 Å². The predicted octanol–water partition coefficient (Wildman–Crippen LogP) is 2.08. The van der Waals surface area contributed by atoms with E-state index in [1.165, 1.54) is 12.8 Å². The highest BCUT2D eigenvalue weighted by atomic mass is 15.3. The van der Waals surface area contributed by atoms with Crippen LogP contribution in [0.5, 0.6) is 0 Å². The Morgan fingerprint density at radius 1 is 1.13 bits per heavy atom. The van der Waals surface area contributed by atoms with Gasteiger partial charge >= 0.3 is 0 Å². The molecule has 0 atom stereocenters. The third kappa shape index (κ3) is 2.48. The van der Waals surface area contributed by atoms with Crippen LogP contribution in [0, 0.1) is 0 Å². The minimum Gasteiger partial charge on any atom is -0.363 e. The van der Waals surface area contributed by atoms with Crippen molar-refractivity contribution in [2.24, 2.45) is 0 Å². The van der Waals surface area contributed by atoms with E-state index < -0.39 is 0 Å². The summed E-state index contributed by atoms with van der Waals surface area (Å²) in [5.41, 5.74) is 2.78. The van der Waals surface area contributed by atoms with Crippen molar-refractivity contribution in [1.29, 1.82) is 0 Å². The molecule has 3 aromatic heterocycles. The van der Waals surface area contributed by atoms with E-state index >= 15 is 0 Å². The molecule has 0 bridgehead atoms. The summed E-state index contributed by atoms with van der Waals surface area (Å²) in [6.45, 7) is 2.04. The number of fused-ring (bicyclic) bond motifs is 1. The molecule has 1 aliphatic heterocycles. The van der Waals surface area contributed by atoms with Crippen molar-refractivity contribution in [2.45, 2.75) is 12.8 Å². The first-order chi connectivity index (χ1) is 11.2. The van der Waals surface area contributed by atoms with Gasteiger partial charge in [0.1, 0.15) is 5.82 Å². The molecular weight excluding hydrogens is 290 g/mol. The maximum Gasteiger partial charge on any atom is 0.227 e. The van der Waals surface area contributed by atoms with Gasteiger partial charge in [-0.2, -0.15) is 10.1 Å². The summed E-state index contributed by atoms with van der Waals surface area (Å²) >= 11 is 0. The van der Waals surface area contributed by atoms with Gasteiger partial charge in [-0.1, -0.05) is 0 Å². The molecule has 4 rings (SSSR count).